The van der Waals surface area contributed by atoms with E-state index in [9.17, 15) is 9.18 Å². The lowest BCUT2D eigenvalue weighted by Gasteiger charge is -2.11. The van der Waals surface area contributed by atoms with Crippen LogP contribution in [0.2, 0.25) is 0 Å². The zero-order valence-electron chi connectivity index (χ0n) is 14.9. The van der Waals surface area contributed by atoms with E-state index < -0.39 is 0 Å². The third-order valence-corrected chi connectivity index (χ3v) is 4.47. The lowest BCUT2D eigenvalue weighted by molar-refractivity contribution is 0.101. The standard InChI is InChI=1S/C21H17FN4O/c1-13-9-14(18-7-4-15-10-16(22)5-8-19(15)24-18)3-6-17(13)25-21(27)20-11-23-12-26(20)2/h3-12H,1-2H3,(H,25,27). The number of amides is 1. The van der Waals surface area contributed by atoms with Gasteiger partial charge in [-0.25, -0.2) is 14.4 Å². The number of imidazole rings is 1. The maximum atomic E-state index is 13.3. The van der Waals surface area contributed by atoms with Gasteiger partial charge in [-0.3, -0.25) is 4.79 Å². The van der Waals surface area contributed by atoms with Crippen molar-refractivity contribution < 1.29 is 9.18 Å². The monoisotopic (exact) mass is 360 g/mol. The third kappa shape index (κ3) is 3.29. The van der Waals surface area contributed by atoms with Crippen LogP contribution in [0.3, 0.4) is 0 Å². The maximum Gasteiger partial charge on any atom is 0.273 e. The van der Waals surface area contributed by atoms with Crippen molar-refractivity contribution >= 4 is 22.5 Å². The number of hydrogen-bond donors (Lipinski definition) is 1. The number of halogens is 1. The van der Waals surface area contributed by atoms with Crippen LogP contribution in [0.25, 0.3) is 22.2 Å². The molecular formula is C21H17FN4O. The zero-order chi connectivity index (χ0) is 19.0. The molecule has 1 N–H and O–H groups in total. The third-order valence-electron chi connectivity index (χ3n) is 4.47. The van der Waals surface area contributed by atoms with Gasteiger partial charge in [0.15, 0.2) is 0 Å². The van der Waals surface area contributed by atoms with Crippen molar-refractivity contribution in [2.45, 2.75) is 6.92 Å². The molecule has 0 radical (unpaired) electrons. The average molecular weight is 360 g/mol. The van der Waals surface area contributed by atoms with E-state index in [0.717, 1.165) is 33.4 Å². The molecular weight excluding hydrogens is 343 g/mol. The van der Waals surface area contributed by atoms with Gasteiger partial charge < -0.3 is 9.88 Å². The number of anilines is 1. The van der Waals surface area contributed by atoms with Crippen LogP contribution >= 0.6 is 0 Å². The maximum absolute atomic E-state index is 13.3. The molecule has 0 aliphatic rings. The summed E-state index contributed by atoms with van der Waals surface area (Å²) in [6.07, 6.45) is 3.11. The Kier molecular flexibility index (Phi) is 4.16. The molecule has 0 unspecified atom stereocenters. The molecule has 1 amide bonds. The van der Waals surface area contributed by atoms with Crippen molar-refractivity contribution in [3.05, 3.63) is 78.1 Å². The highest BCUT2D eigenvalue weighted by atomic mass is 19.1. The molecule has 27 heavy (non-hydrogen) atoms. The molecule has 0 atom stereocenters. The Morgan fingerprint density at radius 1 is 1.11 bits per heavy atom. The number of nitrogens with one attached hydrogen (secondary N) is 1. The summed E-state index contributed by atoms with van der Waals surface area (Å²) in [6, 6.07) is 14.0. The second kappa shape index (κ2) is 6.64. The number of rotatable bonds is 3. The van der Waals surface area contributed by atoms with Gasteiger partial charge in [0.05, 0.1) is 23.7 Å². The molecule has 2 heterocycles. The molecule has 134 valence electrons. The number of nitrogens with zero attached hydrogens (tertiary/aromatic N) is 3. The van der Waals surface area contributed by atoms with Crippen molar-refractivity contribution in [3.8, 4) is 11.3 Å². The Morgan fingerprint density at radius 2 is 1.96 bits per heavy atom. The van der Waals surface area contributed by atoms with Gasteiger partial charge in [-0.1, -0.05) is 12.1 Å². The minimum atomic E-state index is -0.276. The van der Waals surface area contributed by atoms with E-state index in [1.807, 2.05) is 37.3 Å². The Bertz CT molecular complexity index is 1170. The van der Waals surface area contributed by atoms with Crippen LogP contribution in [0.5, 0.6) is 0 Å². The van der Waals surface area contributed by atoms with Crippen LogP contribution < -0.4 is 5.32 Å². The highest BCUT2D eigenvalue weighted by Gasteiger charge is 2.12. The lowest BCUT2D eigenvalue weighted by atomic mass is 10.1. The van der Waals surface area contributed by atoms with E-state index >= 15 is 0 Å². The van der Waals surface area contributed by atoms with Gasteiger partial charge in [0.2, 0.25) is 0 Å². The molecule has 0 saturated heterocycles. The highest BCUT2D eigenvalue weighted by molar-refractivity contribution is 6.03. The summed E-state index contributed by atoms with van der Waals surface area (Å²) in [5.41, 5.74) is 4.60. The highest BCUT2D eigenvalue weighted by Crippen LogP contribution is 2.26. The van der Waals surface area contributed by atoms with E-state index in [1.165, 1.54) is 18.3 Å². The molecule has 2 aromatic carbocycles. The molecule has 4 aromatic rings. The molecule has 0 fully saturated rings. The summed E-state index contributed by atoms with van der Waals surface area (Å²) in [4.78, 5) is 20.9. The fraction of sp³-hybridized carbons (Fsp3) is 0.0952. The lowest BCUT2D eigenvalue weighted by Crippen LogP contribution is -2.16. The summed E-state index contributed by atoms with van der Waals surface area (Å²) in [7, 11) is 1.77. The average Bonchev–Trinajstić information content (AvgIpc) is 3.09. The van der Waals surface area contributed by atoms with Crippen molar-refractivity contribution in [2.75, 3.05) is 5.32 Å². The minimum Gasteiger partial charge on any atom is -0.330 e. The first-order valence-electron chi connectivity index (χ1n) is 8.46. The first kappa shape index (κ1) is 16.9. The molecule has 0 saturated carbocycles. The molecule has 4 rings (SSSR count). The van der Waals surface area contributed by atoms with Crippen LogP contribution in [-0.4, -0.2) is 20.4 Å². The number of pyridine rings is 1. The van der Waals surface area contributed by atoms with Crippen LogP contribution in [0.1, 0.15) is 16.1 Å². The number of carbonyl (C=O) groups excluding carboxylic acids is 1. The topological polar surface area (TPSA) is 59.8 Å². The van der Waals surface area contributed by atoms with Gasteiger partial charge in [-0.15, -0.1) is 0 Å². The van der Waals surface area contributed by atoms with Gasteiger partial charge in [0, 0.05) is 23.7 Å². The van der Waals surface area contributed by atoms with Crippen LogP contribution in [0.4, 0.5) is 10.1 Å². The number of benzene rings is 2. The Hall–Kier alpha value is -3.54. The predicted octanol–water partition coefficient (Wildman–Crippen LogP) is 4.34. The molecule has 2 aromatic heterocycles. The van der Waals surface area contributed by atoms with Crippen molar-refractivity contribution in [1.82, 2.24) is 14.5 Å². The summed E-state index contributed by atoms with van der Waals surface area (Å²) in [6.45, 7) is 1.93. The Balaban J connectivity index is 1.62. The second-order valence-corrected chi connectivity index (χ2v) is 6.41. The second-order valence-electron chi connectivity index (χ2n) is 6.41. The smallest absolute Gasteiger partial charge is 0.273 e. The summed E-state index contributed by atoms with van der Waals surface area (Å²) < 4.78 is 15.0. The molecule has 0 aliphatic carbocycles. The van der Waals surface area contributed by atoms with Crippen LogP contribution in [0, 0.1) is 12.7 Å². The summed E-state index contributed by atoms with van der Waals surface area (Å²) in [5, 5.41) is 3.67. The van der Waals surface area contributed by atoms with E-state index in [0.29, 0.717) is 5.69 Å². The fourth-order valence-corrected chi connectivity index (χ4v) is 2.98. The first-order valence-corrected chi connectivity index (χ1v) is 8.46. The molecule has 6 heteroatoms. The normalized spacial score (nSPS) is 10.9. The molecule has 0 aliphatic heterocycles. The SMILES string of the molecule is Cc1cc(-c2ccc3cc(F)ccc3n2)ccc1NC(=O)c1cncn1C. The van der Waals surface area contributed by atoms with Gasteiger partial charge in [0.25, 0.3) is 5.91 Å². The zero-order valence-corrected chi connectivity index (χ0v) is 14.9. The molecule has 0 spiro atoms. The van der Waals surface area contributed by atoms with Gasteiger partial charge in [-0.2, -0.15) is 0 Å². The van der Waals surface area contributed by atoms with Crippen LogP contribution in [0.15, 0.2) is 61.1 Å². The fourth-order valence-electron chi connectivity index (χ4n) is 2.98. The first-order chi connectivity index (χ1) is 13.0. The van der Waals surface area contributed by atoms with Gasteiger partial charge >= 0.3 is 0 Å². The number of carbonyl (C=O) groups is 1. The Labute approximate surface area is 155 Å². The number of aryl methyl sites for hydroxylation is 2. The quantitative estimate of drug-likeness (QED) is 0.591. The number of aromatic nitrogens is 3. The largest absolute Gasteiger partial charge is 0.330 e. The van der Waals surface area contributed by atoms with Gasteiger partial charge in [0.1, 0.15) is 11.5 Å². The summed E-state index contributed by atoms with van der Waals surface area (Å²) in [5.74, 6) is -0.488. The van der Waals surface area contributed by atoms with E-state index in [1.54, 1.807) is 24.0 Å². The summed E-state index contributed by atoms with van der Waals surface area (Å²) >= 11 is 0. The van der Waals surface area contributed by atoms with Crippen LogP contribution in [-0.2, 0) is 7.05 Å². The number of fused-ring (bicyclic) bond motifs is 1. The van der Waals surface area contributed by atoms with Crippen molar-refractivity contribution in [2.24, 2.45) is 7.05 Å². The van der Waals surface area contributed by atoms with Crippen molar-refractivity contribution in [1.29, 1.82) is 0 Å². The predicted molar refractivity (Wildman–Crippen MR) is 103 cm³/mol. The Morgan fingerprint density at radius 3 is 2.70 bits per heavy atom. The van der Waals surface area contributed by atoms with E-state index in [4.69, 9.17) is 0 Å². The number of hydrogen-bond acceptors (Lipinski definition) is 3. The van der Waals surface area contributed by atoms with Gasteiger partial charge in [-0.05, 0) is 48.9 Å². The minimum absolute atomic E-state index is 0.211. The van der Waals surface area contributed by atoms with Crippen molar-refractivity contribution in [3.63, 3.8) is 0 Å². The molecule has 0 bridgehead atoms. The molecule has 5 nitrogen and oxygen atoms in total. The van der Waals surface area contributed by atoms with E-state index in [2.05, 4.69) is 15.3 Å². The van der Waals surface area contributed by atoms with E-state index in [-0.39, 0.29) is 11.7 Å².